The van der Waals surface area contributed by atoms with Gasteiger partial charge in [0.15, 0.2) is 0 Å². The van der Waals surface area contributed by atoms with Gasteiger partial charge >= 0.3 is 6.01 Å². The molecule has 3 aromatic rings. The van der Waals surface area contributed by atoms with Gasteiger partial charge in [-0.1, -0.05) is 35.4 Å². The molecule has 5 nitrogen and oxygen atoms in total. The zero-order chi connectivity index (χ0) is 15.2. The maximum atomic E-state index is 11.9. The molecule has 2 heterocycles. The van der Waals surface area contributed by atoms with Crippen molar-refractivity contribution in [2.24, 2.45) is 0 Å². The molecule has 1 aromatic carbocycles. The van der Waals surface area contributed by atoms with E-state index in [9.17, 15) is 4.79 Å². The van der Waals surface area contributed by atoms with Crippen LogP contribution in [0.25, 0.3) is 11.5 Å². The quantitative estimate of drug-likeness (QED) is 0.752. The van der Waals surface area contributed by atoms with Gasteiger partial charge in [-0.25, -0.2) is 0 Å². The minimum Gasteiger partial charge on any atom is -0.403 e. The molecule has 0 saturated carbocycles. The molecule has 0 bridgehead atoms. The van der Waals surface area contributed by atoms with Gasteiger partial charge in [-0.05, 0) is 29.9 Å². The maximum absolute atomic E-state index is 11.9. The number of nitrogens with zero attached hydrogens (tertiary/aromatic N) is 2. The second kappa shape index (κ2) is 7.00. The number of hydrogen-bond donors (Lipinski definition) is 1. The van der Waals surface area contributed by atoms with Crippen molar-refractivity contribution >= 4 is 23.3 Å². The average molecular weight is 313 g/mol. The molecule has 3 rings (SSSR count). The van der Waals surface area contributed by atoms with Crippen LogP contribution in [0.2, 0.25) is 0 Å². The summed E-state index contributed by atoms with van der Waals surface area (Å²) in [4.78, 5) is 11.9. The largest absolute Gasteiger partial charge is 0.403 e. The molecule has 0 fully saturated rings. The summed E-state index contributed by atoms with van der Waals surface area (Å²) in [5.41, 5.74) is 2.09. The average Bonchev–Trinajstić information content (AvgIpc) is 3.19. The predicted octanol–water partition coefficient (Wildman–Crippen LogP) is 3.76. The number of thiophene rings is 1. The molecular formula is C16H15N3O2S. The molecule has 0 radical (unpaired) electrons. The summed E-state index contributed by atoms with van der Waals surface area (Å²) in [5.74, 6) is 0.303. The van der Waals surface area contributed by atoms with Crippen LogP contribution in [0, 0.1) is 0 Å². The van der Waals surface area contributed by atoms with Crippen molar-refractivity contribution in [3.8, 4) is 11.5 Å². The van der Waals surface area contributed by atoms with E-state index in [1.807, 2.05) is 35.0 Å². The summed E-state index contributed by atoms with van der Waals surface area (Å²) in [5, 5.41) is 14.2. The van der Waals surface area contributed by atoms with E-state index in [0.29, 0.717) is 12.3 Å². The molecule has 0 unspecified atom stereocenters. The number of nitrogens with one attached hydrogen (secondary N) is 1. The van der Waals surface area contributed by atoms with Gasteiger partial charge in [-0.2, -0.15) is 11.3 Å². The number of aryl methyl sites for hydroxylation is 1. The molecule has 0 saturated heterocycles. The van der Waals surface area contributed by atoms with Gasteiger partial charge in [-0.3, -0.25) is 10.1 Å². The molecule has 6 heteroatoms. The molecule has 0 aliphatic carbocycles. The normalized spacial score (nSPS) is 10.5. The Morgan fingerprint density at radius 1 is 1.18 bits per heavy atom. The van der Waals surface area contributed by atoms with Gasteiger partial charge in [0.25, 0.3) is 5.89 Å². The Morgan fingerprint density at radius 2 is 2.05 bits per heavy atom. The monoisotopic (exact) mass is 313 g/mol. The van der Waals surface area contributed by atoms with E-state index in [1.54, 1.807) is 11.3 Å². The summed E-state index contributed by atoms with van der Waals surface area (Å²) in [6, 6.07) is 12.1. The lowest BCUT2D eigenvalue weighted by Gasteiger charge is -2.01. The second-order valence-electron chi connectivity index (χ2n) is 4.81. The Bertz CT molecular complexity index is 723. The molecular weight excluding hydrogens is 298 g/mol. The summed E-state index contributed by atoms with van der Waals surface area (Å²) in [7, 11) is 0. The zero-order valence-corrected chi connectivity index (χ0v) is 12.7. The Hall–Kier alpha value is -2.47. The number of rotatable bonds is 6. The van der Waals surface area contributed by atoms with Gasteiger partial charge in [0.2, 0.25) is 5.91 Å². The minimum absolute atomic E-state index is 0.114. The van der Waals surface area contributed by atoms with E-state index in [2.05, 4.69) is 27.6 Å². The third kappa shape index (κ3) is 3.79. The van der Waals surface area contributed by atoms with E-state index in [1.165, 1.54) is 5.56 Å². The third-order valence-corrected chi connectivity index (χ3v) is 3.83. The number of carbonyl (C=O) groups excluding carboxylic acids is 1. The molecule has 112 valence electrons. The lowest BCUT2D eigenvalue weighted by Crippen LogP contribution is -2.11. The first-order valence-corrected chi connectivity index (χ1v) is 7.95. The van der Waals surface area contributed by atoms with Crippen molar-refractivity contribution < 1.29 is 9.21 Å². The van der Waals surface area contributed by atoms with Crippen molar-refractivity contribution in [2.75, 3.05) is 5.32 Å². The predicted molar refractivity (Wildman–Crippen MR) is 85.6 cm³/mol. The molecule has 1 amide bonds. The summed E-state index contributed by atoms with van der Waals surface area (Å²) < 4.78 is 5.42. The topological polar surface area (TPSA) is 68.0 Å². The van der Waals surface area contributed by atoms with Crippen LogP contribution < -0.4 is 5.32 Å². The second-order valence-corrected chi connectivity index (χ2v) is 5.59. The number of carbonyl (C=O) groups is 1. The van der Waals surface area contributed by atoms with Crippen molar-refractivity contribution in [1.29, 1.82) is 0 Å². The van der Waals surface area contributed by atoms with Crippen molar-refractivity contribution in [3.05, 3.63) is 52.7 Å². The van der Waals surface area contributed by atoms with E-state index >= 15 is 0 Å². The zero-order valence-electron chi connectivity index (χ0n) is 11.9. The van der Waals surface area contributed by atoms with Gasteiger partial charge in [-0.15, -0.1) is 5.10 Å². The van der Waals surface area contributed by atoms with Crippen LogP contribution >= 0.6 is 11.3 Å². The number of anilines is 1. The van der Waals surface area contributed by atoms with Crippen LogP contribution in [0.15, 0.2) is 51.6 Å². The highest BCUT2D eigenvalue weighted by Gasteiger charge is 2.11. The molecule has 1 N–H and O–H groups in total. The van der Waals surface area contributed by atoms with Crippen LogP contribution in [0.4, 0.5) is 6.01 Å². The first-order valence-electron chi connectivity index (χ1n) is 7.01. The van der Waals surface area contributed by atoms with E-state index in [0.717, 1.165) is 18.4 Å². The fourth-order valence-electron chi connectivity index (χ4n) is 2.06. The number of amides is 1. The molecule has 2 aromatic heterocycles. The highest BCUT2D eigenvalue weighted by atomic mass is 32.1. The fourth-order valence-corrected chi connectivity index (χ4v) is 2.69. The van der Waals surface area contributed by atoms with E-state index < -0.39 is 0 Å². The lowest BCUT2D eigenvalue weighted by atomic mass is 10.1. The van der Waals surface area contributed by atoms with Crippen LogP contribution in [-0.2, 0) is 11.2 Å². The standard InChI is InChI=1S/C16H15N3O2S/c20-14(8-4-7-12-5-2-1-3-6-12)17-16-19-18-15(21-16)13-9-10-22-11-13/h1-3,5-6,9-11H,4,7-8H2,(H,17,19,20). The smallest absolute Gasteiger partial charge is 0.322 e. The SMILES string of the molecule is O=C(CCCc1ccccc1)Nc1nnc(-c2ccsc2)o1. The molecule has 22 heavy (non-hydrogen) atoms. The first-order chi connectivity index (χ1) is 10.8. The highest BCUT2D eigenvalue weighted by molar-refractivity contribution is 7.08. The summed E-state index contributed by atoms with van der Waals surface area (Å²) >= 11 is 1.55. The number of benzene rings is 1. The van der Waals surface area contributed by atoms with Gasteiger partial charge in [0.05, 0.1) is 0 Å². The maximum Gasteiger partial charge on any atom is 0.322 e. The van der Waals surface area contributed by atoms with Gasteiger partial charge in [0.1, 0.15) is 0 Å². The van der Waals surface area contributed by atoms with Gasteiger partial charge in [0, 0.05) is 17.4 Å². The first kappa shape index (κ1) is 14.5. The molecule has 0 atom stereocenters. The third-order valence-electron chi connectivity index (χ3n) is 3.15. The molecule has 0 aliphatic rings. The van der Waals surface area contributed by atoms with Crippen LogP contribution in [0.3, 0.4) is 0 Å². The molecule has 0 spiro atoms. The fraction of sp³-hybridized carbons (Fsp3) is 0.188. The summed E-state index contributed by atoms with van der Waals surface area (Å²) in [6.07, 6.45) is 2.07. The number of hydrogen-bond acceptors (Lipinski definition) is 5. The Labute approximate surface area is 132 Å². The molecule has 0 aliphatic heterocycles. The Morgan fingerprint density at radius 3 is 2.82 bits per heavy atom. The van der Waals surface area contributed by atoms with Crippen molar-refractivity contribution in [1.82, 2.24) is 10.2 Å². The van der Waals surface area contributed by atoms with E-state index in [4.69, 9.17) is 4.42 Å². The van der Waals surface area contributed by atoms with Crippen LogP contribution in [0.1, 0.15) is 18.4 Å². The highest BCUT2D eigenvalue weighted by Crippen LogP contribution is 2.22. The van der Waals surface area contributed by atoms with Gasteiger partial charge < -0.3 is 4.42 Å². The summed E-state index contributed by atoms with van der Waals surface area (Å²) in [6.45, 7) is 0. The number of aromatic nitrogens is 2. The van der Waals surface area contributed by atoms with Crippen molar-refractivity contribution in [2.45, 2.75) is 19.3 Å². The lowest BCUT2D eigenvalue weighted by molar-refractivity contribution is -0.116. The minimum atomic E-state index is -0.114. The van der Waals surface area contributed by atoms with Crippen LogP contribution in [0.5, 0.6) is 0 Å². The Kier molecular flexibility index (Phi) is 4.60. The van der Waals surface area contributed by atoms with E-state index in [-0.39, 0.29) is 11.9 Å². The Balaban J connectivity index is 1.48. The van der Waals surface area contributed by atoms with Crippen LogP contribution in [-0.4, -0.2) is 16.1 Å². The van der Waals surface area contributed by atoms with Crippen molar-refractivity contribution in [3.63, 3.8) is 0 Å².